The van der Waals surface area contributed by atoms with E-state index in [1.807, 2.05) is 20.8 Å². The highest BCUT2D eigenvalue weighted by molar-refractivity contribution is 5.74. The van der Waals surface area contributed by atoms with Crippen molar-refractivity contribution in [3.8, 4) is 0 Å². The smallest absolute Gasteiger partial charge is 0.309 e. The Morgan fingerprint density at radius 1 is 0.957 bits per heavy atom. The van der Waals surface area contributed by atoms with E-state index >= 15 is 0 Å². The van der Waals surface area contributed by atoms with Crippen molar-refractivity contribution in [1.82, 2.24) is 0 Å². The Hall–Kier alpha value is -1.06. The number of carboxylic acids is 1. The van der Waals surface area contributed by atoms with Crippen LogP contribution in [0.1, 0.15) is 78.6 Å². The van der Waals surface area contributed by atoms with E-state index in [4.69, 9.17) is 4.74 Å². The maximum absolute atomic E-state index is 12.7. The minimum atomic E-state index is -0.679. The fourth-order valence-electron chi connectivity index (χ4n) is 4.36. The minimum Gasteiger partial charge on any atom is -0.481 e. The molecule has 0 radical (unpaired) electrons. The highest BCUT2D eigenvalue weighted by Gasteiger charge is 2.44. The first-order valence-corrected chi connectivity index (χ1v) is 9.31. The molecule has 0 saturated heterocycles. The largest absolute Gasteiger partial charge is 0.481 e. The summed E-state index contributed by atoms with van der Waals surface area (Å²) in [5, 5.41) is 9.57. The number of ether oxygens (including phenoxy) is 1. The Kier molecular flexibility index (Phi) is 6.10. The van der Waals surface area contributed by atoms with Gasteiger partial charge in [0, 0.05) is 0 Å². The van der Waals surface area contributed by atoms with Crippen LogP contribution in [0, 0.1) is 23.7 Å². The summed E-state index contributed by atoms with van der Waals surface area (Å²) >= 11 is 0. The second-order valence-electron chi connectivity index (χ2n) is 7.98. The summed E-state index contributed by atoms with van der Waals surface area (Å²) in [6.45, 7) is 5.92. The lowest BCUT2D eigenvalue weighted by atomic mass is 9.64. The van der Waals surface area contributed by atoms with Crippen LogP contribution in [0.4, 0.5) is 0 Å². The van der Waals surface area contributed by atoms with E-state index in [2.05, 4.69) is 0 Å². The summed E-state index contributed by atoms with van der Waals surface area (Å²) in [4.78, 5) is 24.4. The van der Waals surface area contributed by atoms with Crippen LogP contribution in [0.15, 0.2) is 0 Å². The molecule has 4 nitrogen and oxygen atoms in total. The molecule has 1 N–H and O–H groups in total. The molecule has 4 heteroatoms. The van der Waals surface area contributed by atoms with Crippen molar-refractivity contribution >= 4 is 11.9 Å². The Balaban J connectivity index is 2.13. The number of carboxylic acid groups (broad SMARTS) is 1. The number of hydrogen-bond donors (Lipinski definition) is 1. The number of hydrogen-bond acceptors (Lipinski definition) is 3. The minimum absolute atomic E-state index is 0.101. The van der Waals surface area contributed by atoms with Crippen molar-refractivity contribution in [2.45, 2.75) is 84.2 Å². The third kappa shape index (κ3) is 4.48. The topological polar surface area (TPSA) is 63.6 Å². The van der Waals surface area contributed by atoms with Crippen LogP contribution in [0.2, 0.25) is 0 Å². The molecule has 2 saturated carbocycles. The van der Waals surface area contributed by atoms with Gasteiger partial charge in [-0.3, -0.25) is 9.59 Å². The molecule has 0 heterocycles. The molecule has 132 valence electrons. The van der Waals surface area contributed by atoms with Crippen LogP contribution in [0.25, 0.3) is 0 Å². The predicted octanol–water partition coefficient (Wildman–Crippen LogP) is 4.42. The van der Waals surface area contributed by atoms with Crippen molar-refractivity contribution < 1.29 is 19.4 Å². The molecular weight excluding hydrogens is 292 g/mol. The number of aliphatic carboxylic acids is 1. The third-order valence-corrected chi connectivity index (χ3v) is 6.04. The van der Waals surface area contributed by atoms with Gasteiger partial charge in [0.1, 0.15) is 5.60 Å². The van der Waals surface area contributed by atoms with Crippen molar-refractivity contribution in [1.29, 1.82) is 0 Å². The zero-order valence-corrected chi connectivity index (χ0v) is 14.8. The summed E-state index contributed by atoms with van der Waals surface area (Å²) in [6, 6.07) is 0. The van der Waals surface area contributed by atoms with Crippen LogP contribution in [-0.4, -0.2) is 22.6 Å². The monoisotopic (exact) mass is 324 g/mol. The summed E-state index contributed by atoms with van der Waals surface area (Å²) < 4.78 is 5.76. The van der Waals surface area contributed by atoms with Crippen LogP contribution >= 0.6 is 0 Å². The molecule has 0 aliphatic heterocycles. The van der Waals surface area contributed by atoms with Gasteiger partial charge in [-0.15, -0.1) is 0 Å². The van der Waals surface area contributed by atoms with Crippen LogP contribution in [0.5, 0.6) is 0 Å². The summed E-state index contributed by atoms with van der Waals surface area (Å²) in [6.07, 6.45) is 8.57. The lowest BCUT2D eigenvalue weighted by Gasteiger charge is -2.41. The molecule has 0 spiro atoms. The molecule has 0 bridgehead atoms. The van der Waals surface area contributed by atoms with Gasteiger partial charge in [0.2, 0.25) is 0 Å². The second-order valence-corrected chi connectivity index (χ2v) is 7.98. The van der Waals surface area contributed by atoms with Gasteiger partial charge in [-0.05, 0) is 57.8 Å². The zero-order chi connectivity index (χ0) is 17.0. The lowest BCUT2D eigenvalue weighted by Crippen LogP contribution is -2.42. The molecule has 2 aliphatic rings. The van der Waals surface area contributed by atoms with Crippen molar-refractivity contribution in [2.75, 3.05) is 0 Å². The van der Waals surface area contributed by atoms with Gasteiger partial charge < -0.3 is 9.84 Å². The molecule has 4 atom stereocenters. The summed E-state index contributed by atoms with van der Waals surface area (Å²) in [7, 11) is 0. The second kappa shape index (κ2) is 7.67. The predicted molar refractivity (Wildman–Crippen MR) is 89.0 cm³/mol. The van der Waals surface area contributed by atoms with E-state index in [0.717, 1.165) is 57.8 Å². The Morgan fingerprint density at radius 2 is 1.43 bits per heavy atom. The van der Waals surface area contributed by atoms with Gasteiger partial charge in [0.25, 0.3) is 0 Å². The number of carbonyl (C=O) groups excluding carboxylic acids is 1. The van der Waals surface area contributed by atoms with Crippen molar-refractivity contribution in [2.24, 2.45) is 23.7 Å². The highest BCUT2D eigenvalue weighted by Crippen LogP contribution is 2.45. The van der Waals surface area contributed by atoms with Crippen LogP contribution < -0.4 is 0 Å². The van der Waals surface area contributed by atoms with Crippen LogP contribution in [-0.2, 0) is 14.3 Å². The average molecular weight is 324 g/mol. The highest BCUT2D eigenvalue weighted by atomic mass is 16.6. The normalized spacial score (nSPS) is 32.3. The molecule has 0 aromatic rings. The van der Waals surface area contributed by atoms with E-state index in [-0.39, 0.29) is 29.6 Å². The molecule has 4 unspecified atom stereocenters. The fraction of sp³-hybridized carbons (Fsp3) is 0.895. The van der Waals surface area contributed by atoms with Gasteiger partial charge >= 0.3 is 11.9 Å². The first-order chi connectivity index (χ1) is 10.9. The van der Waals surface area contributed by atoms with Gasteiger partial charge in [0.15, 0.2) is 0 Å². The van der Waals surface area contributed by atoms with E-state index in [1.54, 1.807) is 0 Å². The maximum Gasteiger partial charge on any atom is 0.309 e. The van der Waals surface area contributed by atoms with Crippen LogP contribution in [0.3, 0.4) is 0 Å². The number of rotatable bonds is 5. The van der Waals surface area contributed by atoms with Crippen molar-refractivity contribution in [3.63, 3.8) is 0 Å². The van der Waals surface area contributed by atoms with E-state index in [0.29, 0.717) is 0 Å². The zero-order valence-electron chi connectivity index (χ0n) is 14.8. The first kappa shape index (κ1) is 18.3. The van der Waals surface area contributed by atoms with Gasteiger partial charge in [-0.1, -0.05) is 32.6 Å². The number of esters is 1. The summed E-state index contributed by atoms with van der Waals surface area (Å²) in [5.41, 5.74) is -0.433. The third-order valence-electron chi connectivity index (χ3n) is 6.04. The number of carbonyl (C=O) groups is 2. The first-order valence-electron chi connectivity index (χ1n) is 9.31. The molecule has 2 fully saturated rings. The van der Waals surface area contributed by atoms with Gasteiger partial charge in [0.05, 0.1) is 11.8 Å². The lowest BCUT2D eigenvalue weighted by molar-refractivity contribution is -0.168. The Labute approximate surface area is 140 Å². The molecule has 2 aliphatic carbocycles. The molecule has 0 aromatic carbocycles. The SMILES string of the molecule is CCC(C)(C)OC(=O)C1CCCCC1C1CCCCC1C(=O)O. The van der Waals surface area contributed by atoms with E-state index in [9.17, 15) is 14.7 Å². The molecule has 2 rings (SSSR count). The Morgan fingerprint density at radius 3 is 1.96 bits per heavy atom. The van der Waals surface area contributed by atoms with Gasteiger partial charge in [-0.25, -0.2) is 0 Å². The Bertz CT molecular complexity index is 429. The molecular formula is C19H32O4. The quantitative estimate of drug-likeness (QED) is 0.761. The molecule has 0 amide bonds. The fourth-order valence-corrected chi connectivity index (χ4v) is 4.36. The van der Waals surface area contributed by atoms with Gasteiger partial charge in [-0.2, -0.15) is 0 Å². The van der Waals surface area contributed by atoms with E-state index in [1.165, 1.54) is 0 Å². The van der Waals surface area contributed by atoms with E-state index < -0.39 is 11.6 Å². The summed E-state index contributed by atoms with van der Waals surface area (Å²) in [5.74, 6) is -0.840. The molecule has 0 aromatic heterocycles. The standard InChI is InChI=1S/C19H32O4/c1-4-19(2,3)23-18(22)16-12-8-6-10-14(16)13-9-5-7-11-15(13)17(20)21/h13-16H,4-12H2,1-3H3,(H,20,21). The maximum atomic E-state index is 12.7. The van der Waals surface area contributed by atoms with Crippen molar-refractivity contribution in [3.05, 3.63) is 0 Å². The average Bonchev–Trinajstić information content (AvgIpc) is 2.54. The molecule has 23 heavy (non-hydrogen) atoms.